The van der Waals surface area contributed by atoms with Crippen LogP contribution in [-0.4, -0.2) is 37.7 Å². The molecule has 0 spiro atoms. The van der Waals surface area contributed by atoms with Crippen LogP contribution >= 0.6 is 24.8 Å². The highest BCUT2D eigenvalue weighted by molar-refractivity contribution is 6.58. The van der Waals surface area contributed by atoms with Gasteiger partial charge in [0.05, 0.1) is 0 Å². The Kier molecular flexibility index (Phi) is 17.4. The fourth-order valence-corrected chi connectivity index (χ4v) is 4.20. The van der Waals surface area contributed by atoms with E-state index in [0.717, 1.165) is 0 Å². The highest BCUT2D eigenvalue weighted by Gasteiger charge is 2.17. The minimum Gasteiger partial charge on any atom is -0.300 e. The summed E-state index contributed by atoms with van der Waals surface area (Å²) in [6.45, 7) is 15.3. The summed E-state index contributed by atoms with van der Waals surface area (Å²) >= 11 is -0.372. The van der Waals surface area contributed by atoms with Crippen molar-refractivity contribution < 1.29 is 0 Å². The minimum absolute atomic E-state index is 0. The number of rotatable bonds is 7. The SMILES string of the molecule is C[CH2][Al]([CH2]C)[CH2]CN(C(C)C)C(C)C.Cl.Cl. The zero-order chi connectivity index (χ0) is 11.1. The molecule has 1 nitrogen and oxygen atoms in total. The van der Waals surface area contributed by atoms with Gasteiger partial charge in [-0.05, 0) is 34.2 Å². The highest BCUT2D eigenvalue weighted by Crippen LogP contribution is 2.10. The Morgan fingerprint density at radius 3 is 1.50 bits per heavy atom. The first-order chi connectivity index (χ1) is 6.52. The van der Waals surface area contributed by atoms with Crippen molar-refractivity contribution in [2.24, 2.45) is 0 Å². The third-order valence-corrected chi connectivity index (χ3v) is 6.66. The van der Waals surface area contributed by atoms with E-state index >= 15 is 0 Å². The summed E-state index contributed by atoms with van der Waals surface area (Å²) in [6, 6.07) is 1.41. The third-order valence-electron chi connectivity index (χ3n) is 3.28. The number of halogens is 2. The molecule has 100 valence electrons. The zero-order valence-corrected chi connectivity index (χ0v) is 14.6. The van der Waals surface area contributed by atoms with Gasteiger partial charge in [0.2, 0.25) is 0 Å². The van der Waals surface area contributed by atoms with Crippen molar-refractivity contribution in [3.63, 3.8) is 0 Å². The molecule has 0 saturated heterocycles. The lowest BCUT2D eigenvalue weighted by Crippen LogP contribution is -2.38. The van der Waals surface area contributed by atoms with E-state index in [9.17, 15) is 0 Å². The van der Waals surface area contributed by atoms with Gasteiger partial charge in [-0.1, -0.05) is 29.7 Å². The molecule has 0 heterocycles. The van der Waals surface area contributed by atoms with E-state index in [4.69, 9.17) is 0 Å². The van der Waals surface area contributed by atoms with Gasteiger partial charge in [-0.15, -0.1) is 24.8 Å². The van der Waals surface area contributed by atoms with Crippen LogP contribution in [0.2, 0.25) is 15.8 Å². The first-order valence-corrected chi connectivity index (χ1v) is 8.73. The maximum atomic E-state index is 2.63. The molecule has 0 aliphatic rings. The van der Waals surface area contributed by atoms with Gasteiger partial charge in [0.1, 0.15) is 0 Å². The molecule has 4 heteroatoms. The van der Waals surface area contributed by atoms with Crippen LogP contribution in [0.5, 0.6) is 0 Å². The van der Waals surface area contributed by atoms with Crippen LogP contribution < -0.4 is 0 Å². The summed E-state index contributed by atoms with van der Waals surface area (Å²) in [5.74, 6) is 0. The van der Waals surface area contributed by atoms with Crippen molar-refractivity contribution in [3.8, 4) is 0 Å². The molecule has 0 rings (SSSR count). The summed E-state index contributed by atoms with van der Waals surface area (Å²) < 4.78 is 0. The molecule has 0 aliphatic heterocycles. The van der Waals surface area contributed by atoms with Crippen molar-refractivity contribution >= 4 is 39.0 Å². The lowest BCUT2D eigenvalue weighted by atomic mass is 10.2. The third kappa shape index (κ3) is 9.14. The van der Waals surface area contributed by atoms with Crippen LogP contribution in [0.1, 0.15) is 41.5 Å². The molecule has 16 heavy (non-hydrogen) atoms. The molecular formula is C12H30AlCl2N. The Balaban J connectivity index is -0.000000845. The molecule has 0 unspecified atom stereocenters. The van der Waals surface area contributed by atoms with Gasteiger partial charge >= 0.3 is 0 Å². The van der Waals surface area contributed by atoms with Gasteiger partial charge in [-0.25, -0.2) is 0 Å². The van der Waals surface area contributed by atoms with E-state index in [1.165, 1.54) is 22.4 Å². The number of nitrogens with zero attached hydrogens (tertiary/aromatic N) is 1. The van der Waals surface area contributed by atoms with Crippen LogP contribution in [0.4, 0.5) is 0 Å². The molecule has 0 saturated carbocycles. The quantitative estimate of drug-likeness (QED) is 0.624. The molecule has 0 N–H and O–H groups in total. The predicted molar refractivity (Wildman–Crippen MR) is 83.0 cm³/mol. The molecule has 0 aliphatic carbocycles. The average molecular weight is 286 g/mol. The number of hydrogen-bond acceptors (Lipinski definition) is 1. The molecule has 0 fully saturated rings. The Labute approximate surface area is 120 Å². The van der Waals surface area contributed by atoms with Crippen LogP contribution in [0.15, 0.2) is 0 Å². The number of hydrogen-bond donors (Lipinski definition) is 0. The second-order valence-electron chi connectivity index (χ2n) is 4.90. The van der Waals surface area contributed by atoms with Crippen molar-refractivity contribution in [1.29, 1.82) is 0 Å². The van der Waals surface area contributed by atoms with Crippen LogP contribution in [-0.2, 0) is 0 Å². The van der Waals surface area contributed by atoms with E-state index < -0.39 is 0 Å². The van der Waals surface area contributed by atoms with E-state index in [-0.39, 0.29) is 39.0 Å². The molecule has 0 amide bonds. The van der Waals surface area contributed by atoms with E-state index in [0.29, 0.717) is 12.1 Å². The summed E-state index contributed by atoms with van der Waals surface area (Å²) in [5.41, 5.74) is 0. The van der Waals surface area contributed by atoms with Gasteiger partial charge in [-0.3, -0.25) is 4.90 Å². The monoisotopic (exact) mass is 285 g/mol. The van der Waals surface area contributed by atoms with Crippen LogP contribution in [0.25, 0.3) is 0 Å². The smallest absolute Gasteiger partial charge is 0.262 e. The van der Waals surface area contributed by atoms with Gasteiger partial charge in [0.15, 0.2) is 0 Å². The topological polar surface area (TPSA) is 3.24 Å². The normalized spacial score (nSPS) is 10.3. The second-order valence-corrected chi connectivity index (χ2v) is 8.84. The van der Waals surface area contributed by atoms with E-state index in [1.807, 2.05) is 0 Å². The molecule has 0 bridgehead atoms. The largest absolute Gasteiger partial charge is 0.300 e. The molecule has 0 atom stereocenters. The summed E-state index contributed by atoms with van der Waals surface area (Å²) in [7, 11) is 0. The average Bonchev–Trinajstić information content (AvgIpc) is 2.11. The molecule has 0 radical (unpaired) electrons. The fraction of sp³-hybridized carbons (Fsp3) is 1.00. The minimum atomic E-state index is -0.372. The molecule has 0 aromatic carbocycles. The Bertz CT molecular complexity index is 131. The molecule has 0 aromatic heterocycles. The van der Waals surface area contributed by atoms with Crippen molar-refractivity contribution in [2.45, 2.75) is 69.5 Å². The van der Waals surface area contributed by atoms with E-state index in [2.05, 4.69) is 46.4 Å². The van der Waals surface area contributed by atoms with Gasteiger partial charge < -0.3 is 0 Å². The van der Waals surface area contributed by atoms with Gasteiger partial charge in [-0.2, -0.15) is 0 Å². The predicted octanol–water partition coefficient (Wildman–Crippen LogP) is 4.48. The maximum absolute atomic E-state index is 2.63. The summed E-state index contributed by atoms with van der Waals surface area (Å²) in [6.07, 6.45) is 0. The second kappa shape index (κ2) is 12.5. The Morgan fingerprint density at radius 2 is 1.25 bits per heavy atom. The molecule has 0 aromatic rings. The van der Waals surface area contributed by atoms with Gasteiger partial charge in [0.25, 0.3) is 14.1 Å². The lowest BCUT2D eigenvalue weighted by Gasteiger charge is -2.31. The van der Waals surface area contributed by atoms with Crippen molar-refractivity contribution in [2.75, 3.05) is 6.54 Å². The van der Waals surface area contributed by atoms with E-state index in [1.54, 1.807) is 0 Å². The maximum Gasteiger partial charge on any atom is 0.262 e. The van der Waals surface area contributed by atoms with Crippen molar-refractivity contribution in [1.82, 2.24) is 4.90 Å². The zero-order valence-electron chi connectivity index (χ0n) is 11.8. The highest BCUT2D eigenvalue weighted by atomic mass is 35.5. The standard InChI is InChI=1S/C8H18N.2C2H5.Al.2ClH/c1-6-9(7(2)3)8(4)5;2*1-2;;;/h7-8H,1,6H2,2-5H3;2*1H2,2H3;;2*1H. The fourth-order valence-electron chi connectivity index (χ4n) is 2.14. The Hall–Kier alpha value is 1.07. The Morgan fingerprint density at radius 1 is 0.875 bits per heavy atom. The lowest BCUT2D eigenvalue weighted by molar-refractivity contribution is 0.185. The first-order valence-electron chi connectivity index (χ1n) is 6.28. The van der Waals surface area contributed by atoms with Crippen LogP contribution in [0.3, 0.4) is 0 Å². The van der Waals surface area contributed by atoms with Gasteiger partial charge in [0, 0.05) is 12.1 Å². The van der Waals surface area contributed by atoms with Crippen LogP contribution in [0, 0.1) is 0 Å². The van der Waals surface area contributed by atoms with Crippen molar-refractivity contribution in [3.05, 3.63) is 0 Å². The summed E-state index contributed by atoms with van der Waals surface area (Å²) in [4.78, 5) is 2.63. The molecular weight excluding hydrogens is 256 g/mol. The summed E-state index contributed by atoms with van der Waals surface area (Å²) in [5, 5.41) is 4.45. The first kappa shape index (κ1) is 22.3.